The van der Waals surface area contributed by atoms with E-state index in [4.69, 9.17) is 0 Å². The number of hydrogen-bond acceptors (Lipinski definition) is 13. The van der Waals surface area contributed by atoms with E-state index in [-0.39, 0.29) is 86.1 Å². The van der Waals surface area contributed by atoms with Crippen LogP contribution in [-0.4, -0.2) is 139 Å². The number of halogens is 13. The molecule has 0 radical (unpaired) electrons. The van der Waals surface area contributed by atoms with Gasteiger partial charge >= 0.3 is 43.6 Å². The number of carbonyl (C=O) groups excluding carboxylic acids is 4. The molecule has 0 bridgehead atoms. The summed E-state index contributed by atoms with van der Waals surface area (Å²) in [6.07, 6.45) is -16.9. The Hall–Kier alpha value is -7.23. The van der Waals surface area contributed by atoms with Gasteiger partial charge in [0.05, 0.1) is 46.5 Å². The van der Waals surface area contributed by atoms with Crippen molar-refractivity contribution in [1.82, 2.24) is 14.7 Å². The number of anilines is 4. The third-order valence-electron chi connectivity index (χ3n) is 14.0. The van der Waals surface area contributed by atoms with Crippen molar-refractivity contribution in [2.45, 2.75) is 75.3 Å². The summed E-state index contributed by atoms with van der Waals surface area (Å²) in [5, 5.41) is 40.1. The number of alkyl halides is 12. The van der Waals surface area contributed by atoms with Crippen molar-refractivity contribution >= 4 is 57.8 Å². The first-order valence-electron chi connectivity index (χ1n) is 25.8. The van der Waals surface area contributed by atoms with Gasteiger partial charge in [0.1, 0.15) is 17.5 Å². The molecule has 460 valence electrons. The van der Waals surface area contributed by atoms with E-state index in [1.807, 2.05) is 9.80 Å². The number of benzene rings is 4. The summed E-state index contributed by atoms with van der Waals surface area (Å²) in [5.74, 6) is -2.65. The zero-order valence-electron chi connectivity index (χ0n) is 45.3. The largest absolute Gasteiger partial charge is 1.00 e. The molecule has 0 aromatic heterocycles. The van der Waals surface area contributed by atoms with Gasteiger partial charge in [-0.3, -0.25) is 34.6 Å². The number of nitrogens with one attached hydrogen (secondary N) is 2. The van der Waals surface area contributed by atoms with Crippen LogP contribution in [0.15, 0.2) is 84.9 Å². The molecule has 33 heteroatoms. The molecule has 0 atom stereocenters. The van der Waals surface area contributed by atoms with Crippen LogP contribution >= 0.6 is 0 Å². The van der Waals surface area contributed by atoms with Crippen molar-refractivity contribution < 1.29 is 123 Å². The summed E-state index contributed by atoms with van der Waals surface area (Å²) in [4.78, 5) is 75.1. The van der Waals surface area contributed by atoms with Crippen LogP contribution in [0.5, 0.6) is 0 Å². The Bertz CT molecular complexity index is 2920. The summed E-state index contributed by atoms with van der Waals surface area (Å²) in [6, 6.07) is 15.2. The molecular weight excluding hydrogens is 1180 g/mol. The predicted molar refractivity (Wildman–Crippen MR) is 272 cm³/mol. The van der Waals surface area contributed by atoms with Crippen LogP contribution in [-0.2, 0) is 43.9 Å². The van der Waals surface area contributed by atoms with E-state index in [9.17, 15) is 97.2 Å². The maximum Gasteiger partial charge on any atom is 1.00 e. The molecule has 4 aliphatic heterocycles. The Balaban J connectivity index is 0.000000297. The summed E-state index contributed by atoms with van der Waals surface area (Å²) >= 11 is 0. The van der Waals surface area contributed by atoms with Crippen LogP contribution in [0.2, 0.25) is 0 Å². The van der Waals surface area contributed by atoms with Gasteiger partial charge in [0.2, 0.25) is 17.7 Å². The van der Waals surface area contributed by atoms with Gasteiger partial charge in [0, 0.05) is 125 Å². The Morgan fingerprint density at radius 1 is 0.482 bits per heavy atom. The number of rotatable bonds is 12. The number of hydrogen-bond donors (Lipinski definition) is 3. The molecule has 4 fully saturated rings. The molecule has 0 saturated carbocycles. The predicted octanol–water partition coefficient (Wildman–Crippen LogP) is 1.03. The third kappa shape index (κ3) is 20.5. The number of likely N-dealkylation sites (tertiary alicyclic amines) is 1. The number of carboxylic acids is 1. The Kier molecular flexibility index (Phi) is 25.0. The second-order valence-electron chi connectivity index (χ2n) is 19.6. The molecule has 0 spiro atoms. The third-order valence-corrected chi connectivity index (χ3v) is 14.0. The van der Waals surface area contributed by atoms with Gasteiger partial charge in [0.25, 0.3) is 11.4 Å². The average Bonchev–Trinajstić information content (AvgIpc) is 3.59. The average molecular weight is 1240 g/mol. The van der Waals surface area contributed by atoms with Gasteiger partial charge in [-0.25, -0.2) is 0 Å². The maximum atomic E-state index is 13.2. The van der Waals surface area contributed by atoms with Crippen molar-refractivity contribution in [1.29, 1.82) is 0 Å². The number of piperidine rings is 2. The number of carboxylic acid groups (broad SMARTS) is 1. The van der Waals surface area contributed by atoms with Gasteiger partial charge < -0.3 is 62.8 Å². The minimum absolute atomic E-state index is 0. The van der Waals surface area contributed by atoms with Gasteiger partial charge in [-0.1, -0.05) is 0 Å². The number of nitro benzene ring substituents is 2. The van der Waals surface area contributed by atoms with E-state index in [1.165, 1.54) is 46.2 Å². The monoisotopic (exact) mass is 1230 g/mol. The number of nitrogens with zero attached hydrogens (tertiary/aromatic N) is 7. The first kappa shape index (κ1) is 70.3. The molecule has 4 N–H and O–H groups in total. The van der Waals surface area contributed by atoms with E-state index >= 15 is 0 Å². The van der Waals surface area contributed by atoms with Crippen LogP contribution in [0.3, 0.4) is 0 Å². The van der Waals surface area contributed by atoms with Crippen molar-refractivity contribution in [3.8, 4) is 0 Å². The van der Waals surface area contributed by atoms with E-state index in [2.05, 4.69) is 16.0 Å². The smallest absolute Gasteiger partial charge is 1.00 e. The molecule has 4 aromatic rings. The zero-order chi connectivity index (χ0) is 61.0. The number of carbonyl (C=O) groups is 4. The number of amides is 3. The molecule has 0 aliphatic carbocycles. The van der Waals surface area contributed by atoms with Gasteiger partial charge in [-0.05, 0) is 85.6 Å². The van der Waals surface area contributed by atoms with Crippen molar-refractivity contribution in [2.24, 2.45) is 0 Å². The Labute approximate surface area is 495 Å². The number of nitrogens with two attached hydrogens (primary N) is 1. The summed E-state index contributed by atoms with van der Waals surface area (Å²) in [6.45, 7) is 5.38. The quantitative estimate of drug-likeness (QED) is 0.0592. The number of quaternary nitrogens is 1. The fraction of sp³-hybridized carbons (Fsp3) is 0.462. The Morgan fingerprint density at radius 2 is 0.812 bits per heavy atom. The first-order valence-corrected chi connectivity index (χ1v) is 25.8. The molecule has 4 aliphatic rings. The number of nitro groups is 2. The maximum absolute atomic E-state index is 13.2. The van der Waals surface area contributed by atoms with Crippen LogP contribution in [0.1, 0.15) is 60.8 Å². The van der Waals surface area contributed by atoms with Crippen molar-refractivity contribution in [3.63, 3.8) is 0 Å². The fourth-order valence-corrected chi connectivity index (χ4v) is 9.58. The normalized spacial score (nSPS) is 16.3. The molecule has 0 unspecified atom stereocenters. The summed E-state index contributed by atoms with van der Waals surface area (Å²) in [5.41, 5.74) is -4.36. The van der Waals surface area contributed by atoms with Crippen molar-refractivity contribution in [2.75, 3.05) is 99.0 Å². The number of piperazine rings is 2. The fourth-order valence-electron chi connectivity index (χ4n) is 9.58. The molecule has 3 amide bonds. The SMILES string of the molecule is O=C(CC(=O)N1CCN(c2ccc(C(F)(F)F)cc2)CC1)N1CCC(Nc2ccc([N+](=O)[O-])c(C(F)(F)F)c2)CC1.O=C([O-])CC(=O)N1CCN(c2ccc(C(F)(F)F)cc2)CC1.O=[N+]([O-])c1ccc(NC2CC[NH2+]CC2)cc1C(F)(F)F.[Cl-].[Li+]. The minimum Gasteiger partial charge on any atom is -1.00 e. The van der Waals surface area contributed by atoms with E-state index in [0.29, 0.717) is 82.6 Å². The van der Waals surface area contributed by atoms with Crippen LogP contribution in [0.4, 0.5) is 86.8 Å². The van der Waals surface area contributed by atoms with E-state index < -0.39 is 86.5 Å². The zero-order valence-corrected chi connectivity index (χ0v) is 46.0. The van der Waals surface area contributed by atoms with Gasteiger partial charge in [0.15, 0.2) is 0 Å². The molecule has 4 aromatic carbocycles. The standard InChI is InChI=1S/C26H27F6N5O4.C14H15F3N2O3.C12H14F3N3O2.ClH.Li/c27-25(28,29)17-1-4-20(5-2-17)34-11-13-36(14-12-34)24(39)16-23(38)35-9-7-18(8-10-35)33-19-3-6-22(37(40)41)21(15-19)26(30,31)32;15-14(16,17)10-1-3-11(4-2-10)18-5-7-19(8-6-18)12(20)9-13(21)22;13-12(14,15)10-7-9(1-2-11(10)18(19)20)17-8-3-5-16-6-4-8;;/h1-6,15,18,33H,7-14,16H2;1-4H,5-9H2,(H,21,22);1-2,7-8,16-17H,3-6H2;1H;/q;;;;+1/p-1. The molecule has 85 heavy (non-hydrogen) atoms. The number of aliphatic carboxylic acids is 1. The van der Waals surface area contributed by atoms with Crippen molar-refractivity contribution in [3.05, 3.63) is 127 Å². The Morgan fingerprint density at radius 3 is 1.13 bits per heavy atom. The minimum atomic E-state index is -4.89. The molecule has 19 nitrogen and oxygen atoms in total. The van der Waals surface area contributed by atoms with Crippen LogP contribution in [0.25, 0.3) is 0 Å². The molecule has 4 heterocycles. The topological polar surface area (TPSA) is 234 Å². The second kappa shape index (κ2) is 30.2. The second-order valence-corrected chi connectivity index (χ2v) is 19.6. The molecule has 4 saturated heterocycles. The first-order chi connectivity index (χ1) is 38.9. The van der Waals surface area contributed by atoms with Crippen LogP contribution < -0.4 is 62.1 Å². The van der Waals surface area contributed by atoms with E-state index in [0.717, 1.165) is 68.4 Å². The van der Waals surface area contributed by atoms with Gasteiger partial charge in [-0.2, -0.15) is 52.7 Å². The summed E-state index contributed by atoms with van der Waals surface area (Å²) in [7, 11) is 0. The molecule has 8 rings (SSSR count). The van der Waals surface area contributed by atoms with Crippen LogP contribution in [0, 0.1) is 20.2 Å². The van der Waals surface area contributed by atoms with E-state index in [1.54, 1.807) is 4.90 Å². The van der Waals surface area contributed by atoms with Gasteiger partial charge in [-0.15, -0.1) is 0 Å². The molecular formula is C52H56ClF12LiN10O9. The summed E-state index contributed by atoms with van der Waals surface area (Å²) < 4.78 is 154.